The van der Waals surface area contributed by atoms with Crippen LogP contribution in [0.4, 0.5) is 0 Å². The molecule has 0 saturated heterocycles. The van der Waals surface area contributed by atoms with Crippen LogP contribution in [0.1, 0.15) is 56.2 Å². The van der Waals surface area contributed by atoms with E-state index in [0.717, 1.165) is 27.8 Å². The van der Waals surface area contributed by atoms with Gasteiger partial charge in [0.1, 0.15) is 11.4 Å². The summed E-state index contributed by atoms with van der Waals surface area (Å²) in [6, 6.07) is 5.78. The maximum atomic E-state index is 11.9. The Hall–Kier alpha value is -2.14. The minimum atomic E-state index is -0.389. The van der Waals surface area contributed by atoms with Gasteiger partial charge in [0, 0.05) is 5.39 Å². The number of carbonyl (C=O) groups is 1. The number of hydrogen-bond donors (Lipinski definition) is 2. The van der Waals surface area contributed by atoms with Crippen LogP contribution < -0.4 is 16.0 Å². The molecule has 5 heteroatoms. The lowest BCUT2D eigenvalue weighted by atomic mass is 9.84. The summed E-state index contributed by atoms with van der Waals surface area (Å²) in [5.74, 6) is 6.15. The van der Waals surface area contributed by atoms with E-state index in [-0.39, 0.29) is 11.3 Å². The van der Waals surface area contributed by atoms with E-state index in [4.69, 9.17) is 10.6 Å². The third-order valence-electron chi connectivity index (χ3n) is 3.85. The number of ether oxygens (including phenoxy) is 1. The molecule has 1 heterocycles. The Morgan fingerprint density at radius 2 is 1.96 bits per heavy atom. The molecular formula is C19H27N3O2. The molecule has 24 heavy (non-hydrogen) atoms. The van der Waals surface area contributed by atoms with Gasteiger partial charge in [0.25, 0.3) is 5.91 Å². The van der Waals surface area contributed by atoms with Gasteiger partial charge in [-0.05, 0) is 47.6 Å². The van der Waals surface area contributed by atoms with Crippen LogP contribution >= 0.6 is 0 Å². The predicted octanol–water partition coefficient (Wildman–Crippen LogP) is 3.48. The highest BCUT2D eigenvalue weighted by Crippen LogP contribution is 2.34. The van der Waals surface area contributed by atoms with E-state index in [0.29, 0.717) is 18.2 Å². The summed E-state index contributed by atoms with van der Waals surface area (Å²) in [5.41, 5.74) is 5.18. The zero-order valence-corrected chi connectivity index (χ0v) is 15.4. The maximum absolute atomic E-state index is 11.9. The van der Waals surface area contributed by atoms with Crippen LogP contribution in [0.3, 0.4) is 0 Å². The van der Waals surface area contributed by atoms with Gasteiger partial charge in [-0.1, -0.05) is 34.6 Å². The fourth-order valence-electron chi connectivity index (χ4n) is 2.57. The molecule has 0 saturated carbocycles. The second kappa shape index (κ2) is 6.77. The molecule has 5 nitrogen and oxygen atoms in total. The van der Waals surface area contributed by atoms with E-state index in [1.54, 1.807) is 6.07 Å². The van der Waals surface area contributed by atoms with E-state index in [1.807, 2.05) is 19.1 Å². The molecule has 1 amide bonds. The van der Waals surface area contributed by atoms with Crippen molar-refractivity contribution in [3.05, 3.63) is 35.0 Å². The Morgan fingerprint density at radius 3 is 2.50 bits per heavy atom. The van der Waals surface area contributed by atoms with E-state index >= 15 is 0 Å². The topological polar surface area (TPSA) is 77.2 Å². The first-order chi connectivity index (χ1) is 11.1. The second-order valence-corrected chi connectivity index (χ2v) is 7.62. The fraction of sp³-hybridized carbons (Fsp3) is 0.474. The van der Waals surface area contributed by atoms with Crippen molar-refractivity contribution < 1.29 is 9.53 Å². The average molecular weight is 329 g/mol. The summed E-state index contributed by atoms with van der Waals surface area (Å²) in [4.78, 5) is 16.5. The Balaban J connectivity index is 2.69. The number of nitrogens with two attached hydrogens (primary N) is 1. The van der Waals surface area contributed by atoms with Gasteiger partial charge in [-0.2, -0.15) is 0 Å². The SMILES string of the molecule is Cc1cc(C(=O)NN)nc2c(C(C)(C)C)cc(OCC(C)C)cc12. The number of fused-ring (bicyclic) bond motifs is 1. The van der Waals surface area contributed by atoms with Gasteiger partial charge in [-0.25, -0.2) is 10.8 Å². The number of nitrogens with one attached hydrogen (secondary N) is 1. The van der Waals surface area contributed by atoms with Crippen molar-refractivity contribution in [2.45, 2.75) is 47.0 Å². The molecule has 3 N–H and O–H groups in total. The summed E-state index contributed by atoms with van der Waals surface area (Å²) in [6.07, 6.45) is 0. The van der Waals surface area contributed by atoms with Gasteiger partial charge in [0.2, 0.25) is 0 Å². The monoisotopic (exact) mass is 329 g/mol. The zero-order chi connectivity index (χ0) is 18.1. The Morgan fingerprint density at radius 1 is 1.29 bits per heavy atom. The number of carbonyl (C=O) groups excluding carboxylic acids is 1. The molecule has 0 aliphatic heterocycles. The molecule has 2 rings (SSSR count). The fourth-order valence-corrected chi connectivity index (χ4v) is 2.57. The molecule has 0 bridgehead atoms. The number of aromatic nitrogens is 1. The molecule has 130 valence electrons. The van der Waals surface area contributed by atoms with Crippen molar-refractivity contribution in [3.63, 3.8) is 0 Å². The van der Waals surface area contributed by atoms with Crippen molar-refractivity contribution in [1.29, 1.82) is 0 Å². The van der Waals surface area contributed by atoms with Crippen molar-refractivity contribution in [2.24, 2.45) is 11.8 Å². The molecule has 0 unspecified atom stereocenters. The molecule has 1 aromatic heterocycles. The predicted molar refractivity (Wildman–Crippen MR) is 97.2 cm³/mol. The molecule has 0 aliphatic rings. The van der Waals surface area contributed by atoms with Gasteiger partial charge < -0.3 is 4.74 Å². The molecule has 0 aliphatic carbocycles. The van der Waals surface area contributed by atoms with Gasteiger partial charge in [-0.3, -0.25) is 10.2 Å². The Bertz CT molecular complexity index is 761. The zero-order valence-electron chi connectivity index (χ0n) is 15.4. The van der Waals surface area contributed by atoms with Crippen LogP contribution in [-0.2, 0) is 5.41 Å². The summed E-state index contributed by atoms with van der Waals surface area (Å²) in [5, 5.41) is 0.995. The van der Waals surface area contributed by atoms with E-state index < -0.39 is 0 Å². The number of nitrogen functional groups attached to an aromatic ring is 1. The summed E-state index contributed by atoms with van der Waals surface area (Å²) < 4.78 is 5.94. The molecule has 0 atom stereocenters. The normalized spacial score (nSPS) is 11.8. The van der Waals surface area contributed by atoms with Gasteiger partial charge >= 0.3 is 0 Å². The largest absolute Gasteiger partial charge is 0.493 e. The number of hydrogen-bond acceptors (Lipinski definition) is 4. The minimum Gasteiger partial charge on any atom is -0.493 e. The molecule has 0 spiro atoms. The van der Waals surface area contributed by atoms with Crippen molar-refractivity contribution in [3.8, 4) is 5.75 Å². The number of hydrazine groups is 1. The average Bonchev–Trinajstić information content (AvgIpc) is 2.50. The highest BCUT2D eigenvalue weighted by Gasteiger charge is 2.22. The lowest BCUT2D eigenvalue weighted by Gasteiger charge is -2.23. The van der Waals surface area contributed by atoms with Crippen LogP contribution in [0.25, 0.3) is 10.9 Å². The first-order valence-electron chi connectivity index (χ1n) is 8.23. The van der Waals surface area contributed by atoms with Crippen LogP contribution in [0.15, 0.2) is 18.2 Å². The van der Waals surface area contributed by atoms with Crippen molar-refractivity contribution in [2.75, 3.05) is 6.61 Å². The molecule has 0 radical (unpaired) electrons. The number of nitrogens with zero attached hydrogens (tertiary/aromatic N) is 1. The standard InChI is InChI=1S/C19H27N3O2/c1-11(2)10-24-13-8-14-12(3)7-16(18(23)22-20)21-17(14)15(9-13)19(4,5)6/h7-9,11H,10,20H2,1-6H3,(H,22,23). The van der Waals surface area contributed by atoms with Crippen molar-refractivity contribution in [1.82, 2.24) is 10.4 Å². The summed E-state index contributed by atoms with van der Waals surface area (Å²) in [7, 11) is 0. The summed E-state index contributed by atoms with van der Waals surface area (Å²) >= 11 is 0. The van der Waals surface area contributed by atoms with Gasteiger partial charge in [0.05, 0.1) is 12.1 Å². The smallest absolute Gasteiger partial charge is 0.283 e. The summed E-state index contributed by atoms with van der Waals surface area (Å²) in [6.45, 7) is 13.2. The lowest BCUT2D eigenvalue weighted by molar-refractivity contribution is 0.0949. The van der Waals surface area contributed by atoms with Gasteiger partial charge in [0.15, 0.2) is 0 Å². The quantitative estimate of drug-likeness (QED) is 0.511. The lowest BCUT2D eigenvalue weighted by Crippen LogP contribution is -2.31. The van der Waals surface area contributed by atoms with Crippen molar-refractivity contribution >= 4 is 16.8 Å². The number of benzene rings is 1. The highest BCUT2D eigenvalue weighted by molar-refractivity contribution is 5.96. The second-order valence-electron chi connectivity index (χ2n) is 7.62. The van der Waals surface area contributed by atoms with Crippen LogP contribution in [0.5, 0.6) is 5.75 Å². The highest BCUT2D eigenvalue weighted by atomic mass is 16.5. The van der Waals surface area contributed by atoms with E-state index in [1.165, 1.54) is 0 Å². The molecule has 0 fully saturated rings. The van der Waals surface area contributed by atoms with Gasteiger partial charge in [-0.15, -0.1) is 0 Å². The number of pyridine rings is 1. The third-order valence-corrected chi connectivity index (χ3v) is 3.85. The molecule has 2 aromatic rings. The first-order valence-corrected chi connectivity index (χ1v) is 8.23. The maximum Gasteiger partial charge on any atom is 0.283 e. The minimum absolute atomic E-state index is 0.132. The van der Waals surface area contributed by atoms with E-state index in [2.05, 4.69) is 45.0 Å². The molecule has 1 aromatic carbocycles. The van der Waals surface area contributed by atoms with Crippen LogP contribution in [0, 0.1) is 12.8 Å². The van der Waals surface area contributed by atoms with Crippen LogP contribution in [-0.4, -0.2) is 17.5 Å². The number of aryl methyl sites for hydroxylation is 1. The Labute approximate surface area is 143 Å². The Kier molecular flexibility index (Phi) is 5.13. The van der Waals surface area contributed by atoms with Crippen LogP contribution in [0.2, 0.25) is 0 Å². The third kappa shape index (κ3) is 3.85. The van der Waals surface area contributed by atoms with E-state index in [9.17, 15) is 4.79 Å². The first kappa shape index (κ1) is 18.2. The number of rotatable bonds is 4. The number of amides is 1. The molecular weight excluding hydrogens is 302 g/mol.